The van der Waals surface area contributed by atoms with E-state index in [1.54, 1.807) is 24.3 Å². The van der Waals surface area contributed by atoms with Gasteiger partial charge < -0.3 is 15.3 Å². The number of anilines is 1. The van der Waals surface area contributed by atoms with E-state index >= 15 is 0 Å². The number of piperidine rings is 1. The summed E-state index contributed by atoms with van der Waals surface area (Å²) in [5.41, 5.74) is 1.27. The van der Waals surface area contributed by atoms with E-state index in [0.717, 1.165) is 12.8 Å². The van der Waals surface area contributed by atoms with Gasteiger partial charge in [0.15, 0.2) is 0 Å². The van der Waals surface area contributed by atoms with Crippen LogP contribution in [0.4, 0.5) is 5.69 Å². The Hall–Kier alpha value is -2.37. The quantitative estimate of drug-likeness (QED) is 0.872. The van der Waals surface area contributed by atoms with Crippen LogP contribution in [0.5, 0.6) is 0 Å². The Balaban J connectivity index is 1.87. The van der Waals surface area contributed by atoms with Crippen LogP contribution >= 0.6 is 0 Å². The number of amides is 2. The molecule has 0 saturated carbocycles. The van der Waals surface area contributed by atoms with Crippen LogP contribution in [0.25, 0.3) is 0 Å². The molecule has 6 nitrogen and oxygen atoms in total. The normalized spacial score (nSPS) is 15.3. The Labute approximate surface area is 135 Å². The summed E-state index contributed by atoms with van der Waals surface area (Å²) in [5, 5.41) is 11.4. The van der Waals surface area contributed by atoms with Crippen LogP contribution in [0.15, 0.2) is 24.3 Å². The number of hydrogen-bond donors (Lipinski definition) is 2. The van der Waals surface area contributed by atoms with Crippen LogP contribution in [0.1, 0.15) is 43.0 Å². The zero-order chi connectivity index (χ0) is 16.8. The van der Waals surface area contributed by atoms with E-state index in [1.807, 2.05) is 4.90 Å². The number of nitrogens with one attached hydrogen (secondary N) is 1. The first-order chi connectivity index (χ1) is 11.0. The van der Waals surface area contributed by atoms with Gasteiger partial charge in [-0.05, 0) is 49.4 Å². The van der Waals surface area contributed by atoms with Crippen molar-refractivity contribution in [1.82, 2.24) is 4.90 Å². The molecule has 1 aromatic rings. The molecule has 0 aromatic heterocycles. The molecule has 2 N–H and O–H groups in total. The highest BCUT2D eigenvalue weighted by atomic mass is 16.4. The fourth-order valence-corrected chi connectivity index (χ4v) is 2.83. The van der Waals surface area contributed by atoms with Crippen molar-refractivity contribution in [3.63, 3.8) is 0 Å². The maximum Gasteiger partial charge on any atom is 0.303 e. The SMILES string of the molecule is CC(=O)Nc1ccc(C(=O)N2CCC(CCC(=O)O)CC2)cc1. The van der Waals surface area contributed by atoms with Crippen molar-refractivity contribution in [1.29, 1.82) is 0 Å². The molecular weight excluding hydrogens is 296 g/mol. The predicted molar refractivity (Wildman–Crippen MR) is 86.2 cm³/mol. The lowest BCUT2D eigenvalue weighted by Crippen LogP contribution is -2.38. The molecule has 1 aliphatic heterocycles. The summed E-state index contributed by atoms with van der Waals surface area (Å²) in [5.74, 6) is -0.538. The fraction of sp³-hybridized carbons (Fsp3) is 0.471. The Morgan fingerprint density at radius 2 is 1.78 bits per heavy atom. The van der Waals surface area contributed by atoms with E-state index < -0.39 is 5.97 Å². The molecular formula is C17H22N2O4. The van der Waals surface area contributed by atoms with Crippen molar-refractivity contribution in [3.05, 3.63) is 29.8 Å². The van der Waals surface area contributed by atoms with Gasteiger partial charge in [0.1, 0.15) is 0 Å². The van der Waals surface area contributed by atoms with Crippen LogP contribution in [-0.4, -0.2) is 40.9 Å². The van der Waals surface area contributed by atoms with E-state index in [2.05, 4.69) is 5.32 Å². The van der Waals surface area contributed by atoms with Crippen LogP contribution < -0.4 is 5.32 Å². The number of aliphatic carboxylic acids is 1. The van der Waals surface area contributed by atoms with Gasteiger partial charge in [-0.15, -0.1) is 0 Å². The summed E-state index contributed by atoms with van der Waals surface area (Å²) in [6.45, 7) is 2.76. The van der Waals surface area contributed by atoms with Crippen molar-refractivity contribution in [2.75, 3.05) is 18.4 Å². The summed E-state index contributed by atoms with van der Waals surface area (Å²) in [6, 6.07) is 6.86. The van der Waals surface area contributed by atoms with E-state index in [4.69, 9.17) is 5.11 Å². The van der Waals surface area contributed by atoms with Crippen LogP contribution in [0, 0.1) is 5.92 Å². The molecule has 1 heterocycles. The summed E-state index contributed by atoms with van der Waals surface area (Å²) < 4.78 is 0. The van der Waals surface area contributed by atoms with Crippen LogP contribution in [-0.2, 0) is 9.59 Å². The van der Waals surface area contributed by atoms with Gasteiger partial charge in [0.05, 0.1) is 0 Å². The number of carboxylic acid groups (broad SMARTS) is 1. The number of carboxylic acids is 1. The number of carbonyl (C=O) groups excluding carboxylic acids is 2. The molecule has 0 bridgehead atoms. The second-order valence-electron chi connectivity index (χ2n) is 5.93. The van der Waals surface area contributed by atoms with Gasteiger partial charge in [-0.3, -0.25) is 14.4 Å². The number of nitrogens with zero attached hydrogens (tertiary/aromatic N) is 1. The van der Waals surface area contributed by atoms with Gasteiger partial charge in [0, 0.05) is 37.7 Å². The molecule has 1 aromatic carbocycles. The highest BCUT2D eigenvalue weighted by Crippen LogP contribution is 2.23. The topological polar surface area (TPSA) is 86.7 Å². The third-order valence-electron chi connectivity index (χ3n) is 4.12. The summed E-state index contributed by atoms with van der Waals surface area (Å²) in [6.07, 6.45) is 2.58. The lowest BCUT2D eigenvalue weighted by Gasteiger charge is -2.32. The van der Waals surface area contributed by atoms with Crippen molar-refractivity contribution in [3.8, 4) is 0 Å². The average Bonchev–Trinajstić information content (AvgIpc) is 2.53. The van der Waals surface area contributed by atoms with Crippen molar-refractivity contribution >= 4 is 23.5 Å². The lowest BCUT2D eigenvalue weighted by molar-refractivity contribution is -0.137. The number of likely N-dealkylation sites (tertiary alicyclic amines) is 1. The van der Waals surface area contributed by atoms with Gasteiger partial charge in [-0.1, -0.05) is 0 Å². The minimum absolute atomic E-state index is 0.0175. The minimum atomic E-state index is -0.761. The monoisotopic (exact) mass is 318 g/mol. The molecule has 1 saturated heterocycles. The molecule has 0 unspecified atom stereocenters. The Bertz CT molecular complexity index is 575. The number of hydrogen-bond acceptors (Lipinski definition) is 3. The van der Waals surface area contributed by atoms with Crippen molar-refractivity contribution in [2.24, 2.45) is 5.92 Å². The Kier molecular flexibility index (Phi) is 5.73. The van der Waals surface area contributed by atoms with Crippen molar-refractivity contribution < 1.29 is 19.5 Å². The maximum atomic E-state index is 12.5. The molecule has 1 aliphatic rings. The first kappa shape index (κ1) is 17.0. The first-order valence-corrected chi connectivity index (χ1v) is 7.84. The predicted octanol–water partition coefficient (Wildman–Crippen LogP) is 2.36. The van der Waals surface area contributed by atoms with Gasteiger partial charge >= 0.3 is 5.97 Å². The third kappa shape index (κ3) is 5.09. The molecule has 6 heteroatoms. The number of rotatable bonds is 5. The van der Waals surface area contributed by atoms with E-state index in [-0.39, 0.29) is 18.2 Å². The average molecular weight is 318 g/mol. The van der Waals surface area contributed by atoms with E-state index in [1.165, 1.54) is 6.92 Å². The molecule has 0 aliphatic carbocycles. The Morgan fingerprint density at radius 3 is 2.30 bits per heavy atom. The van der Waals surface area contributed by atoms with Crippen LogP contribution in [0.2, 0.25) is 0 Å². The highest BCUT2D eigenvalue weighted by Gasteiger charge is 2.23. The van der Waals surface area contributed by atoms with Crippen molar-refractivity contribution in [2.45, 2.75) is 32.6 Å². The smallest absolute Gasteiger partial charge is 0.303 e. The van der Waals surface area contributed by atoms with Gasteiger partial charge in [-0.25, -0.2) is 0 Å². The molecule has 0 atom stereocenters. The zero-order valence-electron chi connectivity index (χ0n) is 13.2. The standard InChI is InChI=1S/C17H22N2O4/c1-12(20)18-15-5-3-14(4-6-15)17(23)19-10-8-13(9-11-19)2-7-16(21)22/h3-6,13H,2,7-11H2,1H3,(H,18,20)(H,21,22). The summed E-state index contributed by atoms with van der Waals surface area (Å²) in [4.78, 5) is 35.8. The first-order valence-electron chi connectivity index (χ1n) is 7.84. The highest BCUT2D eigenvalue weighted by molar-refractivity contribution is 5.95. The zero-order valence-corrected chi connectivity index (χ0v) is 13.2. The fourth-order valence-electron chi connectivity index (χ4n) is 2.83. The second-order valence-corrected chi connectivity index (χ2v) is 5.93. The number of carbonyl (C=O) groups is 3. The largest absolute Gasteiger partial charge is 0.481 e. The Morgan fingerprint density at radius 1 is 1.17 bits per heavy atom. The van der Waals surface area contributed by atoms with Gasteiger partial charge in [0.25, 0.3) is 5.91 Å². The molecule has 0 radical (unpaired) electrons. The summed E-state index contributed by atoms with van der Waals surface area (Å²) >= 11 is 0. The van der Waals surface area contributed by atoms with Gasteiger partial charge in [-0.2, -0.15) is 0 Å². The van der Waals surface area contributed by atoms with E-state index in [9.17, 15) is 14.4 Å². The van der Waals surface area contributed by atoms with Gasteiger partial charge in [0.2, 0.25) is 5.91 Å². The minimum Gasteiger partial charge on any atom is -0.481 e. The summed E-state index contributed by atoms with van der Waals surface area (Å²) in [7, 11) is 0. The molecule has 2 amide bonds. The second kappa shape index (κ2) is 7.76. The molecule has 2 rings (SSSR count). The molecule has 124 valence electrons. The van der Waals surface area contributed by atoms with E-state index in [0.29, 0.717) is 36.7 Å². The maximum absolute atomic E-state index is 12.5. The molecule has 0 spiro atoms. The molecule has 23 heavy (non-hydrogen) atoms. The molecule has 1 fully saturated rings. The van der Waals surface area contributed by atoms with Crippen LogP contribution in [0.3, 0.4) is 0 Å². The number of benzene rings is 1. The lowest BCUT2D eigenvalue weighted by atomic mass is 9.92. The third-order valence-corrected chi connectivity index (χ3v) is 4.12.